The molecule has 0 unspecified atom stereocenters. The maximum atomic E-state index is 12.8. The van der Waals surface area contributed by atoms with Crippen LogP contribution in [0, 0.1) is 19.7 Å². The van der Waals surface area contributed by atoms with Gasteiger partial charge >= 0.3 is 0 Å². The molecule has 1 aromatic carbocycles. The van der Waals surface area contributed by atoms with E-state index in [1.807, 2.05) is 6.92 Å². The molecule has 0 radical (unpaired) electrons. The molecule has 1 aromatic heterocycles. The second-order valence-corrected chi connectivity index (χ2v) is 3.62. The molecular formula is C12H12FN3. The van der Waals surface area contributed by atoms with E-state index in [4.69, 9.17) is 5.73 Å². The standard InChI is InChI=1S/C12H12FN3/c1-7-11(12(14)16-8(2)15-7)9-3-5-10(13)6-4-9/h3-6H,1-2H3,(H2,14,15,16). The van der Waals surface area contributed by atoms with Gasteiger partial charge in [-0.25, -0.2) is 14.4 Å². The molecule has 0 aliphatic rings. The molecule has 1 heterocycles. The number of aryl methyl sites for hydroxylation is 2. The monoisotopic (exact) mass is 217 g/mol. The number of benzene rings is 1. The summed E-state index contributed by atoms with van der Waals surface area (Å²) in [6.45, 7) is 3.65. The molecule has 0 aliphatic heterocycles. The number of rotatable bonds is 1. The number of hydrogen-bond donors (Lipinski definition) is 1. The molecule has 16 heavy (non-hydrogen) atoms. The highest BCUT2D eigenvalue weighted by Crippen LogP contribution is 2.27. The van der Waals surface area contributed by atoms with Crippen LogP contribution >= 0.6 is 0 Å². The van der Waals surface area contributed by atoms with Gasteiger partial charge in [0, 0.05) is 5.56 Å². The van der Waals surface area contributed by atoms with Crippen molar-refractivity contribution in [1.82, 2.24) is 9.97 Å². The lowest BCUT2D eigenvalue weighted by molar-refractivity contribution is 0.628. The van der Waals surface area contributed by atoms with Crippen molar-refractivity contribution in [2.75, 3.05) is 5.73 Å². The molecule has 0 fully saturated rings. The highest BCUT2D eigenvalue weighted by Gasteiger charge is 2.09. The van der Waals surface area contributed by atoms with Crippen molar-refractivity contribution >= 4 is 5.82 Å². The molecule has 0 spiro atoms. The normalized spacial score (nSPS) is 10.4. The Labute approximate surface area is 93.2 Å². The molecule has 4 heteroatoms. The number of aromatic nitrogens is 2. The molecule has 2 aromatic rings. The minimum Gasteiger partial charge on any atom is -0.383 e. The SMILES string of the molecule is Cc1nc(C)c(-c2ccc(F)cc2)c(N)n1. The van der Waals surface area contributed by atoms with E-state index in [1.54, 1.807) is 19.1 Å². The van der Waals surface area contributed by atoms with Gasteiger partial charge in [0.15, 0.2) is 0 Å². The second-order valence-electron chi connectivity index (χ2n) is 3.62. The Bertz CT molecular complexity index is 497. The van der Waals surface area contributed by atoms with E-state index < -0.39 is 0 Å². The van der Waals surface area contributed by atoms with Gasteiger partial charge in [-0.3, -0.25) is 0 Å². The van der Waals surface area contributed by atoms with Gasteiger partial charge in [0.05, 0.1) is 5.69 Å². The van der Waals surface area contributed by atoms with Gasteiger partial charge in [0.1, 0.15) is 17.5 Å². The van der Waals surface area contributed by atoms with Crippen LogP contribution in [-0.2, 0) is 0 Å². The zero-order chi connectivity index (χ0) is 11.7. The summed E-state index contributed by atoms with van der Waals surface area (Å²) in [5.74, 6) is 0.797. The minimum atomic E-state index is -0.270. The van der Waals surface area contributed by atoms with E-state index in [-0.39, 0.29) is 5.82 Å². The summed E-state index contributed by atoms with van der Waals surface area (Å²) in [6, 6.07) is 6.14. The molecule has 2 N–H and O–H groups in total. The summed E-state index contributed by atoms with van der Waals surface area (Å²) in [4.78, 5) is 8.35. The molecule has 0 amide bonds. The molecule has 0 atom stereocenters. The lowest BCUT2D eigenvalue weighted by Gasteiger charge is -2.09. The van der Waals surface area contributed by atoms with Crippen molar-refractivity contribution in [2.45, 2.75) is 13.8 Å². The Kier molecular flexibility index (Phi) is 2.56. The predicted molar refractivity (Wildman–Crippen MR) is 61.3 cm³/mol. The smallest absolute Gasteiger partial charge is 0.135 e. The highest BCUT2D eigenvalue weighted by atomic mass is 19.1. The van der Waals surface area contributed by atoms with Crippen LogP contribution in [0.1, 0.15) is 11.5 Å². The summed E-state index contributed by atoms with van der Waals surface area (Å²) in [5, 5.41) is 0. The fourth-order valence-electron chi connectivity index (χ4n) is 1.71. The van der Waals surface area contributed by atoms with Gasteiger partial charge in [0.25, 0.3) is 0 Å². The van der Waals surface area contributed by atoms with Crippen LogP contribution in [0.3, 0.4) is 0 Å². The van der Waals surface area contributed by atoms with E-state index >= 15 is 0 Å². The number of hydrogen-bond acceptors (Lipinski definition) is 3. The molecule has 2 rings (SSSR count). The third kappa shape index (κ3) is 1.86. The van der Waals surface area contributed by atoms with Crippen LogP contribution < -0.4 is 5.73 Å². The van der Waals surface area contributed by atoms with E-state index in [0.29, 0.717) is 11.6 Å². The summed E-state index contributed by atoms with van der Waals surface area (Å²) in [5.41, 5.74) is 8.25. The topological polar surface area (TPSA) is 51.8 Å². The first-order valence-electron chi connectivity index (χ1n) is 4.94. The summed E-state index contributed by atoms with van der Waals surface area (Å²) < 4.78 is 12.8. The molecule has 0 saturated heterocycles. The largest absolute Gasteiger partial charge is 0.383 e. The summed E-state index contributed by atoms with van der Waals surface area (Å²) in [6.07, 6.45) is 0. The first-order valence-corrected chi connectivity index (χ1v) is 4.94. The van der Waals surface area contributed by atoms with Gasteiger partial charge in [0.2, 0.25) is 0 Å². The number of nitrogen functional groups attached to an aromatic ring is 1. The number of nitrogens with zero attached hydrogens (tertiary/aromatic N) is 2. The highest BCUT2D eigenvalue weighted by molar-refractivity contribution is 5.75. The third-order valence-electron chi connectivity index (χ3n) is 2.36. The summed E-state index contributed by atoms with van der Waals surface area (Å²) >= 11 is 0. The quantitative estimate of drug-likeness (QED) is 0.798. The third-order valence-corrected chi connectivity index (χ3v) is 2.36. The van der Waals surface area contributed by atoms with Crippen molar-refractivity contribution < 1.29 is 4.39 Å². The Hall–Kier alpha value is -1.97. The predicted octanol–water partition coefficient (Wildman–Crippen LogP) is 2.48. The zero-order valence-corrected chi connectivity index (χ0v) is 9.16. The lowest BCUT2D eigenvalue weighted by atomic mass is 10.1. The number of nitrogens with two attached hydrogens (primary N) is 1. The average molecular weight is 217 g/mol. The van der Waals surface area contributed by atoms with Crippen LogP contribution in [0.5, 0.6) is 0 Å². The van der Waals surface area contributed by atoms with E-state index in [1.165, 1.54) is 12.1 Å². The van der Waals surface area contributed by atoms with E-state index in [0.717, 1.165) is 16.8 Å². The Morgan fingerprint density at radius 1 is 1.06 bits per heavy atom. The molecule has 82 valence electrons. The van der Waals surface area contributed by atoms with E-state index in [2.05, 4.69) is 9.97 Å². The van der Waals surface area contributed by atoms with E-state index in [9.17, 15) is 4.39 Å². The van der Waals surface area contributed by atoms with Crippen molar-refractivity contribution in [3.63, 3.8) is 0 Å². The minimum absolute atomic E-state index is 0.270. The van der Waals surface area contributed by atoms with Crippen molar-refractivity contribution in [1.29, 1.82) is 0 Å². The Morgan fingerprint density at radius 3 is 2.25 bits per heavy atom. The van der Waals surface area contributed by atoms with Gasteiger partial charge < -0.3 is 5.73 Å². The molecule has 0 saturated carbocycles. The van der Waals surface area contributed by atoms with Gasteiger partial charge in [-0.05, 0) is 31.5 Å². The number of anilines is 1. The maximum absolute atomic E-state index is 12.8. The lowest BCUT2D eigenvalue weighted by Crippen LogP contribution is -2.02. The first-order chi connectivity index (χ1) is 7.58. The maximum Gasteiger partial charge on any atom is 0.135 e. The van der Waals surface area contributed by atoms with Crippen LogP contribution in [0.15, 0.2) is 24.3 Å². The van der Waals surface area contributed by atoms with Gasteiger partial charge in [-0.1, -0.05) is 12.1 Å². The molecule has 3 nitrogen and oxygen atoms in total. The second kappa shape index (κ2) is 3.89. The van der Waals surface area contributed by atoms with Crippen molar-refractivity contribution in [3.8, 4) is 11.1 Å². The average Bonchev–Trinajstić information content (AvgIpc) is 2.19. The molecule has 0 bridgehead atoms. The van der Waals surface area contributed by atoms with Crippen molar-refractivity contribution in [3.05, 3.63) is 41.6 Å². The van der Waals surface area contributed by atoms with Crippen LogP contribution in [0.2, 0.25) is 0 Å². The van der Waals surface area contributed by atoms with Gasteiger partial charge in [-0.2, -0.15) is 0 Å². The fraction of sp³-hybridized carbons (Fsp3) is 0.167. The molecule has 0 aliphatic carbocycles. The fourth-order valence-corrected chi connectivity index (χ4v) is 1.71. The Morgan fingerprint density at radius 2 is 1.69 bits per heavy atom. The van der Waals surface area contributed by atoms with Crippen LogP contribution in [-0.4, -0.2) is 9.97 Å². The van der Waals surface area contributed by atoms with Crippen molar-refractivity contribution in [2.24, 2.45) is 0 Å². The molecular weight excluding hydrogens is 205 g/mol. The van der Waals surface area contributed by atoms with Crippen LogP contribution in [0.4, 0.5) is 10.2 Å². The zero-order valence-electron chi connectivity index (χ0n) is 9.16. The summed E-state index contributed by atoms with van der Waals surface area (Å²) in [7, 11) is 0. The number of halogens is 1. The first kappa shape index (κ1) is 10.5. The van der Waals surface area contributed by atoms with Crippen LogP contribution in [0.25, 0.3) is 11.1 Å². The Balaban J connectivity index is 2.60. The van der Waals surface area contributed by atoms with Gasteiger partial charge in [-0.15, -0.1) is 0 Å².